The topological polar surface area (TPSA) is 122 Å². The standard InChI is InChI=1S/C33H58N2O7/c1-22(2)26(15-24-9-10-31(40-7)32(17-24)42-13-8-12-38-5)18-29(34)30(36)19-28(23(3)4)33(37)35-20-25-16-27(39-6)11-14-41-21-25/h9-10,17,22-23,25-30,36H,8,11-16,18-21,34H2,1-7H3,(H,35,37)/t25-,26?,27-,28?,29?,30?/m0/s1. The van der Waals surface area contributed by atoms with Gasteiger partial charge in [-0.25, -0.2) is 0 Å². The van der Waals surface area contributed by atoms with E-state index >= 15 is 0 Å². The molecule has 9 nitrogen and oxygen atoms in total. The summed E-state index contributed by atoms with van der Waals surface area (Å²) in [5.41, 5.74) is 7.73. The van der Waals surface area contributed by atoms with Crippen molar-refractivity contribution in [2.24, 2.45) is 35.3 Å². The minimum Gasteiger partial charge on any atom is -0.493 e. The lowest BCUT2D eigenvalue weighted by molar-refractivity contribution is -0.128. The highest BCUT2D eigenvalue weighted by molar-refractivity contribution is 5.78. The average molecular weight is 595 g/mol. The molecule has 6 atom stereocenters. The van der Waals surface area contributed by atoms with Gasteiger partial charge in [-0.1, -0.05) is 33.8 Å². The molecule has 4 unspecified atom stereocenters. The Bertz CT molecular complexity index is 897. The van der Waals surface area contributed by atoms with Crippen molar-refractivity contribution >= 4 is 5.91 Å². The number of carbonyl (C=O) groups is 1. The van der Waals surface area contributed by atoms with Crippen molar-refractivity contribution in [1.82, 2.24) is 5.32 Å². The summed E-state index contributed by atoms with van der Waals surface area (Å²) in [6.45, 7) is 11.4. The van der Waals surface area contributed by atoms with Gasteiger partial charge >= 0.3 is 0 Å². The first-order valence-electron chi connectivity index (χ1n) is 15.7. The van der Waals surface area contributed by atoms with E-state index in [4.69, 9.17) is 29.4 Å². The van der Waals surface area contributed by atoms with Crippen LogP contribution in [-0.2, 0) is 25.4 Å². The van der Waals surface area contributed by atoms with Crippen LogP contribution in [0.1, 0.15) is 65.4 Å². The molecule has 0 radical (unpaired) electrons. The third-order valence-electron chi connectivity index (χ3n) is 8.56. The lowest BCUT2D eigenvalue weighted by Crippen LogP contribution is -2.43. The third-order valence-corrected chi connectivity index (χ3v) is 8.56. The Balaban J connectivity index is 1.97. The fourth-order valence-electron chi connectivity index (χ4n) is 5.62. The summed E-state index contributed by atoms with van der Waals surface area (Å²) >= 11 is 0. The van der Waals surface area contributed by atoms with Gasteiger partial charge in [0, 0.05) is 58.3 Å². The van der Waals surface area contributed by atoms with Gasteiger partial charge in [0.25, 0.3) is 0 Å². The normalized spacial score (nSPS) is 20.5. The molecule has 0 spiro atoms. The highest BCUT2D eigenvalue weighted by Gasteiger charge is 2.30. The molecule has 1 amide bonds. The lowest BCUT2D eigenvalue weighted by atomic mass is 9.80. The second-order valence-corrected chi connectivity index (χ2v) is 12.5. The minimum atomic E-state index is -0.779. The van der Waals surface area contributed by atoms with Crippen molar-refractivity contribution < 1.29 is 33.6 Å². The Morgan fingerprint density at radius 3 is 2.50 bits per heavy atom. The molecule has 1 aromatic rings. The molecule has 0 bridgehead atoms. The summed E-state index contributed by atoms with van der Waals surface area (Å²) in [7, 11) is 5.05. The van der Waals surface area contributed by atoms with Crippen LogP contribution in [0.5, 0.6) is 11.5 Å². The smallest absolute Gasteiger partial charge is 0.223 e. The molecule has 1 aliphatic rings. The van der Waals surface area contributed by atoms with Crippen LogP contribution >= 0.6 is 0 Å². The van der Waals surface area contributed by atoms with Gasteiger partial charge in [-0.2, -0.15) is 0 Å². The zero-order valence-electron chi connectivity index (χ0n) is 27.1. The SMILES string of the molecule is COCCCOc1cc(CC(CC(N)C(O)CC(C(=O)NC[C@H]2COCC[C@H](OC)C2)C(C)C)C(C)C)ccc1OC. The van der Waals surface area contributed by atoms with Crippen LogP contribution in [0.25, 0.3) is 0 Å². The maximum Gasteiger partial charge on any atom is 0.223 e. The van der Waals surface area contributed by atoms with Crippen LogP contribution < -0.4 is 20.5 Å². The first-order chi connectivity index (χ1) is 20.1. The van der Waals surface area contributed by atoms with Gasteiger partial charge < -0.3 is 39.8 Å². The van der Waals surface area contributed by atoms with E-state index in [2.05, 4.69) is 25.2 Å². The number of methoxy groups -OCH3 is 3. The Labute approximate surface area is 254 Å². The monoisotopic (exact) mass is 594 g/mol. The number of carbonyl (C=O) groups excluding carboxylic acids is 1. The van der Waals surface area contributed by atoms with Crippen LogP contribution in [-0.4, -0.2) is 83.6 Å². The molecule has 242 valence electrons. The fraction of sp³-hybridized carbons (Fsp3) is 0.788. The molecule has 0 aromatic heterocycles. The Morgan fingerprint density at radius 2 is 1.86 bits per heavy atom. The summed E-state index contributed by atoms with van der Waals surface area (Å²) in [6, 6.07) is 5.60. The second-order valence-electron chi connectivity index (χ2n) is 12.5. The Kier molecular flexibility index (Phi) is 16.7. The van der Waals surface area contributed by atoms with Gasteiger partial charge in [0.2, 0.25) is 5.91 Å². The minimum absolute atomic E-state index is 0.0360. The molecule has 1 saturated heterocycles. The van der Waals surface area contributed by atoms with E-state index < -0.39 is 12.1 Å². The molecule has 2 rings (SSSR count). The molecule has 0 saturated carbocycles. The van der Waals surface area contributed by atoms with Crippen LogP contribution in [0.4, 0.5) is 0 Å². The summed E-state index contributed by atoms with van der Waals surface area (Å²) in [6.07, 6.45) is 3.70. The van der Waals surface area contributed by atoms with Gasteiger partial charge in [0.15, 0.2) is 11.5 Å². The highest BCUT2D eigenvalue weighted by Crippen LogP contribution is 2.32. The van der Waals surface area contributed by atoms with E-state index in [1.165, 1.54) is 0 Å². The van der Waals surface area contributed by atoms with Crippen molar-refractivity contribution in [3.05, 3.63) is 23.8 Å². The maximum atomic E-state index is 13.2. The predicted octanol–water partition coefficient (Wildman–Crippen LogP) is 4.22. The first kappa shape index (κ1) is 36.3. The van der Waals surface area contributed by atoms with E-state index in [-0.39, 0.29) is 35.7 Å². The zero-order chi connectivity index (χ0) is 31.1. The largest absolute Gasteiger partial charge is 0.493 e. The molecule has 42 heavy (non-hydrogen) atoms. The number of ether oxygens (including phenoxy) is 5. The molecular weight excluding hydrogens is 536 g/mol. The number of hydrogen-bond acceptors (Lipinski definition) is 8. The van der Waals surface area contributed by atoms with E-state index in [1.807, 2.05) is 26.0 Å². The number of amides is 1. The van der Waals surface area contributed by atoms with Crippen LogP contribution in [0.2, 0.25) is 0 Å². The molecular formula is C33H58N2O7. The summed E-state index contributed by atoms with van der Waals surface area (Å²) in [5.74, 6) is 1.95. The van der Waals surface area contributed by atoms with Crippen molar-refractivity contribution in [3.63, 3.8) is 0 Å². The molecule has 4 N–H and O–H groups in total. The number of aliphatic hydroxyl groups excluding tert-OH is 1. The van der Waals surface area contributed by atoms with Crippen LogP contribution in [0.3, 0.4) is 0 Å². The fourth-order valence-corrected chi connectivity index (χ4v) is 5.62. The average Bonchev–Trinajstić information content (AvgIpc) is 3.21. The molecule has 9 heteroatoms. The molecule has 1 fully saturated rings. The number of aliphatic hydroxyl groups is 1. The first-order valence-corrected chi connectivity index (χ1v) is 15.7. The Morgan fingerprint density at radius 1 is 1.10 bits per heavy atom. The number of hydrogen-bond donors (Lipinski definition) is 3. The summed E-state index contributed by atoms with van der Waals surface area (Å²) < 4.78 is 27.8. The molecule has 0 aliphatic carbocycles. The van der Waals surface area contributed by atoms with Gasteiger partial charge in [0.05, 0.1) is 32.5 Å². The number of nitrogens with two attached hydrogens (primary N) is 1. The van der Waals surface area contributed by atoms with Crippen molar-refractivity contribution in [2.75, 3.05) is 54.3 Å². The van der Waals surface area contributed by atoms with Gasteiger partial charge in [-0.3, -0.25) is 4.79 Å². The summed E-state index contributed by atoms with van der Waals surface area (Å²) in [4.78, 5) is 13.2. The quantitative estimate of drug-likeness (QED) is 0.204. The lowest BCUT2D eigenvalue weighted by Gasteiger charge is -2.30. The zero-order valence-corrected chi connectivity index (χ0v) is 27.1. The van der Waals surface area contributed by atoms with Gasteiger partial charge in [-0.05, 0) is 67.6 Å². The summed E-state index contributed by atoms with van der Waals surface area (Å²) in [5, 5.41) is 14.3. The van der Waals surface area contributed by atoms with Crippen molar-refractivity contribution in [2.45, 2.75) is 84.5 Å². The van der Waals surface area contributed by atoms with E-state index in [0.717, 1.165) is 37.0 Å². The van der Waals surface area contributed by atoms with Gasteiger partial charge in [0.1, 0.15) is 0 Å². The molecule has 1 heterocycles. The highest BCUT2D eigenvalue weighted by atomic mass is 16.5. The Hall–Kier alpha value is -1.91. The molecule has 1 aliphatic heterocycles. The van der Waals surface area contributed by atoms with Crippen LogP contribution in [0, 0.1) is 29.6 Å². The third kappa shape index (κ3) is 12.4. The predicted molar refractivity (Wildman–Crippen MR) is 166 cm³/mol. The number of nitrogens with one attached hydrogen (secondary N) is 1. The van der Waals surface area contributed by atoms with E-state index in [0.29, 0.717) is 57.5 Å². The number of benzene rings is 1. The van der Waals surface area contributed by atoms with E-state index in [1.54, 1.807) is 21.3 Å². The van der Waals surface area contributed by atoms with Crippen molar-refractivity contribution in [1.29, 1.82) is 0 Å². The van der Waals surface area contributed by atoms with Crippen LogP contribution in [0.15, 0.2) is 18.2 Å². The molecule has 1 aromatic carbocycles. The maximum absolute atomic E-state index is 13.2. The number of rotatable bonds is 19. The second kappa shape index (κ2) is 19.4. The van der Waals surface area contributed by atoms with E-state index in [9.17, 15) is 9.90 Å². The van der Waals surface area contributed by atoms with Crippen molar-refractivity contribution in [3.8, 4) is 11.5 Å². The van der Waals surface area contributed by atoms with Gasteiger partial charge in [-0.15, -0.1) is 0 Å².